The Balaban J connectivity index is 0.000000198. The standard InChI is InChI=1S/C27H35N3O4.C20H26N4O2.C12H24N2O2/c1-33-26(32)10-6-16-29-18-15-21(19-29)11-13-23-14-12-22-7-5-17-30(27(22)28-23)25(31)20-34-24-8-3-2-4-9-24;1-16-14-17(2)24(21-16)19-7-5-6-18(15-19)22-9-11-23(12-10-22)20(26)8-3-4-13-25;1-13-8-4-2-3-7-12(16)14-9-5-6-11(14)10-15/h2-4,8-9,12,14,21H,5-7,10-11,13,15-20H2,1H3;5-7,13-15H,3-4,8-12H2,1-2H3;11,13,15H,2-10H2,1H3. The SMILES string of the molecule is CNCCCCCC(=O)N1CCCC1CO.COC(=O)CCCN1CCC(CCc2ccc3c(n2)N(C(=O)COc2ccccc2)CCC3)C1.Cc1cc(C)n(-c2cccc(N3CCN(C(=O)CCCC=O)CC3)c2)n1. The molecule has 0 saturated carbocycles. The van der Waals surface area contributed by atoms with Gasteiger partial charge in [0.05, 0.1) is 31.1 Å². The number of piperazine rings is 1. The van der Waals surface area contributed by atoms with Crippen LogP contribution in [0.3, 0.4) is 0 Å². The molecular weight excluding hydrogens is 963 g/mol. The number of aldehydes is 1. The number of aliphatic hydroxyl groups is 1. The van der Waals surface area contributed by atoms with Crippen LogP contribution in [0.4, 0.5) is 11.5 Å². The minimum absolute atomic E-state index is 0.0171. The molecule has 2 unspecified atom stereocenters. The van der Waals surface area contributed by atoms with Crippen LogP contribution in [0.1, 0.15) is 113 Å². The molecule has 3 saturated heterocycles. The van der Waals surface area contributed by atoms with E-state index in [1.165, 1.54) is 13.5 Å². The number of carbonyl (C=O) groups excluding carboxylic acids is 5. The van der Waals surface area contributed by atoms with Gasteiger partial charge in [-0.3, -0.25) is 24.1 Å². The fourth-order valence-electron chi connectivity index (χ4n) is 10.5. The number of nitrogens with one attached hydrogen (secondary N) is 1. The lowest BCUT2D eigenvalue weighted by Gasteiger charge is -2.36. The third-order valence-corrected chi connectivity index (χ3v) is 14.8. The first kappa shape index (κ1) is 59.1. The molecule has 2 atom stereocenters. The van der Waals surface area contributed by atoms with Crippen molar-refractivity contribution in [3.05, 3.63) is 95.4 Å². The molecule has 0 spiro atoms. The molecule has 8 rings (SSSR count). The molecule has 3 amide bonds. The summed E-state index contributed by atoms with van der Waals surface area (Å²) < 4.78 is 12.4. The topological polar surface area (TPSA) is 183 Å². The minimum atomic E-state index is -0.131. The first-order valence-corrected chi connectivity index (χ1v) is 27.9. The third kappa shape index (κ3) is 18.5. The van der Waals surface area contributed by atoms with E-state index in [2.05, 4.69) is 69.6 Å². The molecule has 0 aliphatic carbocycles. The van der Waals surface area contributed by atoms with E-state index in [9.17, 15) is 24.0 Å². The van der Waals surface area contributed by atoms with E-state index in [4.69, 9.17) is 19.6 Å². The maximum Gasteiger partial charge on any atom is 0.305 e. The number of rotatable bonds is 23. The van der Waals surface area contributed by atoms with Gasteiger partial charge in [-0.2, -0.15) is 5.10 Å². The summed E-state index contributed by atoms with van der Waals surface area (Å²) in [7, 11) is 3.39. The minimum Gasteiger partial charge on any atom is -0.484 e. The van der Waals surface area contributed by atoms with Crippen LogP contribution in [0.25, 0.3) is 5.69 Å². The Morgan fingerprint density at radius 2 is 1.58 bits per heavy atom. The molecule has 2 aromatic carbocycles. The van der Waals surface area contributed by atoms with Crippen LogP contribution in [0.15, 0.2) is 72.8 Å². The number of ether oxygens (including phenoxy) is 2. The number of likely N-dealkylation sites (tertiary alicyclic amines) is 2. The number of carbonyl (C=O) groups is 5. The van der Waals surface area contributed by atoms with Crippen LogP contribution >= 0.6 is 0 Å². The Kier molecular flexibility index (Phi) is 24.7. The first-order valence-electron chi connectivity index (χ1n) is 27.9. The fourth-order valence-corrected chi connectivity index (χ4v) is 10.5. The average molecular weight is 1050 g/mol. The van der Waals surface area contributed by atoms with Crippen molar-refractivity contribution in [2.45, 2.75) is 123 Å². The number of esters is 1. The molecule has 6 heterocycles. The third-order valence-electron chi connectivity index (χ3n) is 14.8. The number of methoxy groups -OCH3 is 1. The second-order valence-electron chi connectivity index (χ2n) is 20.5. The lowest BCUT2D eigenvalue weighted by atomic mass is 9.99. The lowest BCUT2D eigenvalue weighted by Crippen LogP contribution is -2.48. The zero-order valence-electron chi connectivity index (χ0n) is 45.8. The van der Waals surface area contributed by atoms with Crippen molar-refractivity contribution in [3.63, 3.8) is 0 Å². The van der Waals surface area contributed by atoms with Crippen LogP contribution in [0.5, 0.6) is 5.75 Å². The van der Waals surface area contributed by atoms with Gasteiger partial charge in [0.2, 0.25) is 11.8 Å². The van der Waals surface area contributed by atoms with E-state index in [-0.39, 0.29) is 42.9 Å². The van der Waals surface area contributed by atoms with Gasteiger partial charge in [0.1, 0.15) is 17.9 Å². The number of para-hydroxylation sites is 1. The molecule has 3 fully saturated rings. The van der Waals surface area contributed by atoms with Gasteiger partial charge in [0.25, 0.3) is 5.91 Å². The second kappa shape index (κ2) is 31.8. The number of pyridine rings is 1. The summed E-state index contributed by atoms with van der Waals surface area (Å²) in [5, 5.41) is 16.8. The zero-order chi connectivity index (χ0) is 54.1. The van der Waals surface area contributed by atoms with Gasteiger partial charge in [-0.05, 0) is 165 Å². The highest BCUT2D eigenvalue weighted by molar-refractivity contribution is 5.94. The summed E-state index contributed by atoms with van der Waals surface area (Å²) in [6.45, 7) is 12.9. The average Bonchev–Trinajstić information content (AvgIpc) is 4.22. The van der Waals surface area contributed by atoms with Gasteiger partial charge in [-0.1, -0.05) is 36.8 Å². The highest BCUT2D eigenvalue weighted by atomic mass is 16.5. The number of aliphatic hydroxyl groups excluding tert-OH is 1. The van der Waals surface area contributed by atoms with E-state index >= 15 is 0 Å². The number of aryl methyl sites for hydroxylation is 4. The summed E-state index contributed by atoms with van der Waals surface area (Å²) in [5.41, 5.74) is 6.52. The van der Waals surface area contributed by atoms with Crippen LogP contribution < -0.4 is 19.9 Å². The summed E-state index contributed by atoms with van der Waals surface area (Å²) in [4.78, 5) is 73.9. The van der Waals surface area contributed by atoms with Gasteiger partial charge < -0.3 is 44.3 Å². The first-order chi connectivity index (χ1) is 37.0. The van der Waals surface area contributed by atoms with Crippen molar-refractivity contribution in [1.82, 2.24) is 34.8 Å². The molecule has 2 N–H and O–H groups in total. The molecule has 4 aliphatic rings. The molecule has 0 bridgehead atoms. The molecule has 17 heteroatoms. The molecule has 76 heavy (non-hydrogen) atoms. The Morgan fingerprint density at radius 1 is 0.789 bits per heavy atom. The number of anilines is 2. The molecule has 414 valence electrons. The number of benzene rings is 2. The number of hydrogen-bond donors (Lipinski definition) is 2. The van der Waals surface area contributed by atoms with E-state index in [1.54, 1.807) is 4.90 Å². The van der Waals surface area contributed by atoms with E-state index in [0.717, 1.165) is 169 Å². The van der Waals surface area contributed by atoms with Crippen LogP contribution in [0, 0.1) is 19.8 Å². The predicted molar refractivity (Wildman–Crippen MR) is 297 cm³/mol. The highest BCUT2D eigenvalue weighted by Gasteiger charge is 2.29. The Bertz CT molecular complexity index is 2430. The van der Waals surface area contributed by atoms with Gasteiger partial charge in [0.15, 0.2) is 6.61 Å². The lowest BCUT2D eigenvalue weighted by molar-refractivity contribution is -0.141. The van der Waals surface area contributed by atoms with Crippen molar-refractivity contribution in [2.24, 2.45) is 5.92 Å². The van der Waals surface area contributed by atoms with Gasteiger partial charge in [-0.15, -0.1) is 0 Å². The number of fused-ring (bicyclic) bond motifs is 1. The van der Waals surface area contributed by atoms with Gasteiger partial charge in [0, 0.05) is 88.6 Å². The summed E-state index contributed by atoms with van der Waals surface area (Å²) in [6.07, 6.45) is 14.7. The molecular formula is C59H85N9O8. The van der Waals surface area contributed by atoms with E-state index in [0.29, 0.717) is 50.3 Å². The van der Waals surface area contributed by atoms with Crippen molar-refractivity contribution in [1.29, 1.82) is 0 Å². The Hall–Kier alpha value is -6.17. The number of unbranched alkanes of at least 4 members (excludes halogenated alkanes) is 3. The Morgan fingerprint density at radius 3 is 2.32 bits per heavy atom. The van der Waals surface area contributed by atoms with Crippen LogP contribution in [-0.2, 0) is 41.6 Å². The molecule has 0 radical (unpaired) electrons. The monoisotopic (exact) mass is 1050 g/mol. The summed E-state index contributed by atoms with van der Waals surface area (Å²) in [5.74, 6) is 2.35. The Labute approximate surface area is 451 Å². The highest BCUT2D eigenvalue weighted by Crippen LogP contribution is 2.28. The molecule has 4 aliphatic heterocycles. The molecule has 4 aromatic rings. The van der Waals surface area contributed by atoms with Crippen molar-refractivity contribution < 1.29 is 38.6 Å². The molecule has 17 nitrogen and oxygen atoms in total. The van der Waals surface area contributed by atoms with Crippen molar-refractivity contribution in [2.75, 3.05) is 103 Å². The van der Waals surface area contributed by atoms with Crippen molar-refractivity contribution >= 4 is 41.5 Å². The quantitative estimate of drug-likeness (QED) is 0.0445. The number of nitrogens with zero attached hydrogens (tertiary/aromatic N) is 8. The summed E-state index contributed by atoms with van der Waals surface area (Å²) >= 11 is 0. The smallest absolute Gasteiger partial charge is 0.305 e. The normalized spacial score (nSPS) is 17.3. The van der Waals surface area contributed by atoms with E-state index < -0.39 is 0 Å². The predicted octanol–water partition coefficient (Wildman–Crippen LogP) is 6.90. The van der Waals surface area contributed by atoms with Crippen LogP contribution in [-0.4, -0.2) is 163 Å². The van der Waals surface area contributed by atoms with Crippen molar-refractivity contribution in [3.8, 4) is 11.4 Å². The maximum atomic E-state index is 12.9. The van der Waals surface area contributed by atoms with Gasteiger partial charge >= 0.3 is 5.97 Å². The zero-order valence-corrected chi connectivity index (χ0v) is 45.8. The number of aromatic nitrogens is 3. The van der Waals surface area contributed by atoms with Gasteiger partial charge in [-0.25, -0.2) is 9.67 Å². The summed E-state index contributed by atoms with van der Waals surface area (Å²) in [6, 6.07) is 24.2. The molecule has 2 aromatic heterocycles. The second-order valence-corrected chi connectivity index (χ2v) is 20.5. The largest absolute Gasteiger partial charge is 0.484 e. The van der Waals surface area contributed by atoms with Crippen LogP contribution in [0.2, 0.25) is 0 Å². The fraction of sp³-hybridized carbons (Fsp3) is 0.576. The van der Waals surface area contributed by atoms with E-state index in [1.807, 2.05) is 58.8 Å². The number of amides is 3. The maximum absolute atomic E-state index is 12.9. The number of hydrogen-bond acceptors (Lipinski definition) is 13.